The number of carbonyl (C=O) groups excluding carboxylic acids is 1. The van der Waals surface area contributed by atoms with Crippen molar-refractivity contribution in [2.75, 3.05) is 6.54 Å². The Labute approximate surface area is 162 Å². The Kier molecular flexibility index (Phi) is 6.12. The quantitative estimate of drug-likeness (QED) is 0.572. The zero-order valence-corrected chi connectivity index (χ0v) is 16.4. The summed E-state index contributed by atoms with van der Waals surface area (Å²) in [5.74, 6) is 0.507. The third-order valence-corrected chi connectivity index (χ3v) is 4.64. The molecule has 0 saturated heterocycles. The number of rotatable bonds is 7. The van der Waals surface area contributed by atoms with Crippen molar-refractivity contribution < 1.29 is 4.79 Å². The monoisotopic (exact) mass is 360 g/mol. The summed E-state index contributed by atoms with van der Waals surface area (Å²) < 4.78 is 2.23. The lowest BCUT2D eigenvalue weighted by Crippen LogP contribution is -2.34. The average molecular weight is 361 g/mol. The van der Waals surface area contributed by atoms with Gasteiger partial charge < -0.3 is 9.47 Å². The highest BCUT2D eigenvalue weighted by Crippen LogP contribution is 2.15. The zero-order chi connectivity index (χ0) is 19.2. The molecule has 2 aromatic carbocycles. The Hall–Kier alpha value is -2.81. The normalized spacial score (nSPS) is 11.0. The first-order valence-corrected chi connectivity index (χ1v) is 9.57. The molecule has 0 unspecified atom stereocenters. The highest BCUT2D eigenvalue weighted by atomic mass is 16.2. The molecule has 0 saturated carbocycles. The van der Waals surface area contributed by atoms with Crippen LogP contribution in [0.1, 0.15) is 41.0 Å². The fourth-order valence-electron chi connectivity index (χ4n) is 3.26. The molecule has 0 spiro atoms. The second kappa shape index (κ2) is 8.72. The van der Waals surface area contributed by atoms with Gasteiger partial charge in [-0.1, -0.05) is 61.9 Å². The second-order valence-corrected chi connectivity index (χ2v) is 7.56. The van der Waals surface area contributed by atoms with Crippen LogP contribution in [0.4, 0.5) is 0 Å². The van der Waals surface area contributed by atoms with Crippen LogP contribution in [0.3, 0.4) is 0 Å². The van der Waals surface area contributed by atoms with Crippen molar-refractivity contribution in [2.24, 2.45) is 5.92 Å². The summed E-state index contributed by atoms with van der Waals surface area (Å²) in [5.41, 5.74) is 4.33. The molecule has 0 radical (unpaired) electrons. The van der Waals surface area contributed by atoms with Crippen molar-refractivity contribution in [1.29, 1.82) is 0 Å². The van der Waals surface area contributed by atoms with Crippen LogP contribution in [-0.2, 0) is 13.1 Å². The topological polar surface area (TPSA) is 25.2 Å². The Morgan fingerprint density at radius 3 is 2.33 bits per heavy atom. The maximum absolute atomic E-state index is 13.1. The first-order chi connectivity index (χ1) is 13.0. The molecule has 3 aromatic rings. The molecular formula is C24H28N2O. The van der Waals surface area contributed by atoms with Crippen LogP contribution in [0, 0.1) is 12.8 Å². The van der Waals surface area contributed by atoms with Crippen LogP contribution in [-0.4, -0.2) is 21.9 Å². The predicted molar refractivity (Wildman–Crippen MR) is 111 cm³/mol. The van der Waals surface area contributed by atoms with Crippen LogP contribution < -0.4 is 0 Å². The highest BCUT2D eigenvalue weighted by Gasteiger charge is 2.18. The lowest BCUT2D eigenvalue weighted by molar-refractivity contribution is 0.0718. The van der Waals surface area contributed by atoms with E-state index in [9.17, 15) is 4.79 Å². The lowest BCUT2D eigenvalue weighted by atomic mass is 10.1. The molecule has 3 heteroatoms. The van der Waals surface area contributed by atoms with Gasteiger partial charge in [0.05, 0.1) is 6.54 Å². The summed E-state index contributed by atoms with van der Waals surface area (Å²) in [6.45, 7) is 8.51. The summed E-state index contributed by atoms with van der Waals surface area (Å²) >= 11 is 0. The average Bonchev–Trinajstić information content (AvgIpc) is 3.08. The minimum Gasteiger partial charge on any atom is -0.345 e. The summed E-state index contributed by atoms with van der Waals surface area (Å²) in [7, 11) is 0. The van der Waals surface area contributed by atoms with Gasteiger partial charge in [0.1, 0.15) is 0 Å². The van der Waals surface area contributed by atoms with E-state index in [0.717, 1.165) is 24.3 Å². The van der Waals surface area contributed by atoms with E-state index in [4.69, 9.17) is 0 Å². The van der Waals surface area contributed by atoms with Gasteiger partial charge in [-0.3, -0.25) is 4.79 Å². The molecule has 0 aliphatic rings. The number of nitrogens with zero attached hydrogens (tertiary/aromatic N) is 2. The minimum atomic E-state index is 0.0937. The molecule has 27 heavy (non-hydrogen) atoms. The number of aromatic nitrogens is 1. The Bertz CT molecular complexity index is 863. The van der Waals surface area contributed by atoms with E-state index >= 15 is 0 Å². The highest BCUT2D eigenvalue weighted by molar-refractivity contribution is 5.94. The van der Waals surface area contributed by atoms with Gasteiger partial charge in [0, 0.05) is 30.5 Å². The van der Waals surface area contributed by atoms with E-state index in [1.807, 2.05) is 42.2 Å². The number of carbonyl (C=O) groups is 1. The molecule has 0 N–H and O–H groups in total. The summed E-state index contributed by atoms with van der Waals surface area (Å²) in [6.07, 6.45) is 2.09. The molecule has 3 nitrogen and oxygen atoms in total. The van der Waals surface area contributed by atoms with Crippen molar-refractivity contribution in [1.82, 2.24) is 9.47 Å². The van der Waals surface area contributed by atoms with Crippen LogP contribution in [0.5, 0.6) is 0 Å². The fraction of sp³-hybridized carbons (Fsp3) is 0.292. The number of aryl methyl sites for hydroxylation is 1. The molecule has 0 aliphatic carbocycles. The largest absolute Gasteiger partial charge is 0.345 e. The number of benzene rings is 2. The van der Waals surface area contributed by atoms with Crippen molar-refractivity contribution in [3.05, 3.63) is 95.3 Å². The van der Waals surface area contributed by atoms with E-state index in [2.05, 4.69) is 61.0 Å². The maximum Gasteiger partial charge on any atom is 0.254 e. The molecule has 1 heterocycles. The van der Waals surface area contributed by atoms with E-state index in [-0.39, 0.29) is 5.91 Å². The number of hydrogen-bond donors (Lipinski definition) is 0. The number of hydrogen-bond acceptors (Lipinski definition) is 1. The van der Waals surface area contributed by atoms with Crippen molar-refractivity contribution in [3.63, 3.8) is 0 Å². The standard InChI is InChI=1S/C24H28N2O/c1-19(2)16-26(24(27)22-13-11-20(3)12-14-22)18-23-10-7-15-25(23)17-21-8-5-4-6-9-21/h4-15,19H,16-18H2,1-3H3. The molecule has 1 amide bonds. The maximum atomic E-state index is 13.1. The smallest absolute Gasteiger partial charge is 0.254 e. The molecule has 3 rings (SSSR count). The van der Waals surface area contributed by atoms with Gasteiger partial charge in [0.25, 0.3) is 5.91 Å². The second-order valence-electron chi connectivity index (χ2n) is 7.56. The Morgan fingerprint density at radius 2 is 1.67 bits per heavy atom. The first-order valence-electron chi connectivity index (χ1n) is 9.57. The van der Waals surface area contributed by atoms with E-state index < -0.39 is 0 Å². The molecule has 0 bridgehead atoms. The first kappa shape index (κ1) is 19.0. The fourth-order valence-corrected chi connectivity index (χ4v) is 3.26. The third kappa shape index (κ3) is 5.10. The summed E-state index contributed by atoms with van der Waals surface area (Å²) in [6, 6.07) is 22.4. The minimum absolute atomic E-state index is 0.0937. The molecule has 140 valence electrons. The van der Waals surface area contributed by atoms with E-state index in [1.165, 1.54) is 11.1 Å². The van der Waals surface area contributed by atoms with Crippen LogP contribution >= 0.6 is 0 Å². The van der Waals surface area contributed by atoms with Gasteiger partial charge in [-0.15, -0.1) is 0 Å². The predicted octanol–water partition coefficient (Wildman–Crippen LogP) is 5.14. The third-order valence-electron chi connectivity index (χ3n) is 4.64. The molecule has 0 aliphatic heterocycles. The van der Waals surface area contributed by atoms with Crippen LogP contribution in [0.15, 0.2) is 72.9 Å². The zero-order valence-electron chi connectivity index (χ0n) is 16.4. The van der Waals surface area contributed by atoms with Gasteiger partial charge in [-0.25, -0.2) is 0 Å². The molecular weight excluding hydrogens is 332 g/mol. The van der Waals surface area contributed by atoms with Gasteiger partial charge in [-0.05, 0) is 42.7 Å². The SMILES string of the molecule is Cc1ccc(C(=O)N(Cc2cccn2Cc2ccccc2)CC(C)C)cc1. The lowest BCUT2D eigenvalue weighted by Gasteiger charge is -2.25. The van der Waals surface area contributed by atoms with Crippen molar-refractivity contribution >= 4 is 5.91 Å². The molecule has 1 aromatic heterocycles. The van der Waals surface area contributed by atoms with E-state index in [1.54, 1.807) is 0 Å². The van der Waals surface area contributed by atoms with Gasteiger partial charge >= 0.3 is 0 Å². The summed E-state index contributed by atoms with van der Waals surface area (Å²) in [5, 5.41) is 0. The molecule has 0 fully saturated rings. The molecule has 0 atom stereocenters. The van der Waals surface area contributed by atoms with Gasteiger partial charge in [0.15, 0.2) is 0 Å². The Balaban J connectivity index is 1.80. The number of amides is 1. The summed E-state index contributed by atoms with van der Waals surface area (Å²) in [4.78, 5) is 15.1. The van der Waals surface area contributed by atoms with E-state index in [0.29, 0.717) is 12.5 Å². The van der Waals surface area contributed by atoms with Crippen LogP contribution in [0.25, 0.3) is 0 Å². The van der Waals surface area contributed by atoms with Crippen molar-refractivity contribution in [2.45, 2.75) is 33.9 Å². The van der Waals surface area contributed by atoms with Gasteiger partial charge in [0.2, 0.25) is 0 Å². The Morgan fingerprint density at radius 1 is 0.963 bits per heavy atom. The van der Waals surface area contributed by atoms with Crippen molar-refractivity contribution in [3.8, 4) is 0 Å². The van der Waals surface area contributed by atoms with Crippen LogP contribution in [0.2, 0.25) is 0 Å². The van der Waals surface area contributed by atoms with Gasteiger partial charge in [-0.2, -0.15) is 0 Å².